The first kappa shape index (κ1) is 21.9. The van der Waals surface area contributed by atoms with Crippen molar-refractivity contribution in [1.82, 2.24) is 34.3 Å². The molecule has 0 amide bonds. The summed E-state index contributed by atoms with van der Waals surface area (Å²) in [4.78, 5) is 17.9. The Bertz CT molecular complexity index is 1360. The number of aryl methyl sites for hydroxylation is 1. The molecule has 4 aromatic rings. The van der Waals surface area contributed by atoms with Crippen molar-refractivity contribution in [3.63, 3.8) is 0 Å². The molecule has 4 rings (SSSR count). The maximum absolute atomic E-state index is 13.3. The molecule has 0 aliphatic carbocycles. The Morgan fingerprint density at radius 2 is 2.06 bits per heavy atom. The zero-order valence-electron chi connectivity index (χ0n) is 17.9. The van der Waals surface area contributed by atoms with Crippen LogP contribution in [0.3, 0.4) is 0 Å². The minimum Gasteiger partial charge on any atom is -0.310 e. The van der Waals surface area contributed by atoms with Crippen LogP contribution in [0, 0.1) is 6.92 Å². The van der Waals surface area contributed by atoms with Gasteiger partial charge < -0.3 is 4.57 Å². The van der Waals surface area contributed by atoms with E-state index in [0.717, 1.165) is 16.5 Å². The molecule has 11 heteroatoms. The van der Waals surface area contributed by atoms with E-state index in [9.17, 15) is 9.00 Å². The first-order valence-electron chi connectivity index (χ1n) is 10.1. The van der Waals surface area contributed by atoms with Crippen molar-refractivity contribution >= 4 is 22.0 Å². The van der Waals surface area contributed by atoms with Crippen molar-refractivity contribution in [3.05, 3.63) is 64.3 Å². The van der Waals surface area contributed by atoms with Crippen molar-refractivity contribution in [2.24, 2.45) is 0 Å². The topological polar surface area (TPSA) is 128 Å². The maximum Gasteiger partial charge on any atom is 0.280 e. The number of aromatic nitrogens is 6. The smallest absolute Gasteiger partial charge is 0.280 e. The zero-order chi connectivity index (χ0) is 22.8. The molecular formula is C21H23N7O3S. The fourth-order valence-electron chi connectivity index (χ4n) is 3.53. The van der Waals surface area contributed by atoms with Gasteiger partial charge in [0.25, 0.3) is 5.56 Å². The number of nitrogens with one attached hydrogen (secondary N) is 1. The van der Waals surface area contributed by atoms with Crippen molar-refractivity contribution in [3.8, 4) is 17.3 Å². The van der Waals surface area contributed by atoms with E-state index in [4.69, 9.17) is 4.55 Å². The Morgan fingerprint density at radius 3 is 2.81 bits per heavy atom. The third-order valence-electron chi connectivity index (χ3n) is 5.17. The highest BCUT2D eigenvalue weighted by Gasteiger charge is 2.14. The summed E-state index contributed by atoms with van der Waals surface area (Å²) in [6.45, 7) is 6.31. The summed E-state index contributed by atoms with van der Waals surface area (Å²) in [5, 5.41) is 13.7. The summed E-state index contributed by atoms with van der Waals surface area (Å²) in [6, 6.07) is 9.21. The molecule has 0 bridgehead atoms. The monoisotopic (exact) mass is 453 g/mol. The van der Waals surface area contributed by atoms with Crippen LogP contribution < -0.4 is 10.3 Å². The first-order chi connectivity index (χ1) is 15.3. The van der Waals surface area contributed by atoms with E-state index in [2.05, 4.69) is 25.0 Å². The van der Waals surface area contributed by atoms with Gasteiger partial charge in [-0.25, -0.2) is 13.9 Å². The minimum absolute atomic E-state index is 0.159. The van der Waals surface area contributed by atoms with Crippen LogP contribution in [0.4, 0.5) is 0 Å². The standard InChI is InChI=1S/C21H23N7O3S/c1-13(2)27-12-22-26-20(27)18-5-4-6-19(25-18)28-21(29)17-10-15(7-8-24-32(30)31)14(3)9-16(17)11-23-28/h4-6,9-13,24H,7-8H2,1-3H3,(H,30,31). The van der Waals surface area contributed by atoms with Gasteiger partial charge in [-0.15, -0.1) is 10.2 Å². The van der Waals surface area contributed by atoms with Gasteiger partial charge in [0.15, 0.2) is 11.6 Å². The maximum atomic E-state index is 13.3. The quantitative estimate of drug-likeness (QED) is 0.411. The van der Waals surface area contributed by atoms with Crippen LogP contribution in [0.25, 0.3) is 28.1 Å². The van der Waals surface area contributed by atoms with Crippen molar-refractivity contribution in [2.75, 3.05) is 6.54 Å². The Morgan fingerprint density at radius 1 is 1.25 bits per heavy atom. The van der Waals surface area contributed by atoms with Gasteiger partial charge in [-0.3, -0.25) is 9.35 Å². The normalized spacial score (nSPS) is 12.5. The summed E-state index contributed by atoms with van der Waals surface area (Å²) in [5.41, 5.74) is 2.19. The number of hydrogen-bond donors (Lipinski definition) is 2. The largest absolute Gasteiger partial charge is 0.310 e. The second-order valence-corrected chi connectivity index (χ2v) is 8.44. The summed E-state index contributed by atoms with van der Waals surface area (Å²) < 4.78 is 25.4. The summed E-state index contributed by atoms with van der Waals surface area (Å²) in [5.74, 6) is 0.995. The average molecular weight is 454 g/mol. The van der Waals surface area contributed by atoms with E-state index in [1.54, 1.807) is 24.7 Å². The second-order valence-electron chi connectivity index (χ2n) is 7.66. The summed E-state index contributed by atoms with van der Waals surface area (Å²) in [6.07, 6.45) is 3.80. The Kier molecular flexibility index (Phi) is 6.21. The highest BCUT2D eigenvalue weighted by molar-refractivity contribution is 7.77. The molecular weight excluding hydrogens is 430 g/mol. The summed E-state index contributed by atoms with van der Waals surface area (Å²) >= 11 is -2.07. The van der Waals surface area contributed by atoms with E-state index in [1.165, 1.54) is 4.68 Å². The third kappa shape index (κ3) is 4.35. The molecule has 0 aliphatic rings. The van der Waals surface area contributed by atoms with Crippen molar-refractivity contribution in [1.29, 1.82) is 0 Å². The summed E-state index contributed by atoms with van der Waals surface area (Å²) in [7, 11) is 0. The van der Waals surface area contributed by atoms with E-state index in [0.29, 0.717) is 35.7 Å². The fourth-order valence-corrected chi connectivity index (χ4v) is 3.81. The van der Waals surface area contributed by atoms with Crippen LogP contribution in [0.2, 0.25) is 0 Å². The van der Waals surface area contributed by atoms with Gasteiger partial charge in [0.1, 0.15) is 12.0 Å². The molecule has 0 spiro atoms. The lowest BCUT2D eigenvalue weighted by molar-refractivity contribution is 0.549. The van der Waals surface area contributed by atoms with Gasteiger partial charge in [0, 0.05) is 18.0 Å². The van der Waals surface area contributed by atoms with Crippen molar-refractivity contribution in [2.45, 2.75) is 33.2 Å². The van der Waals surface area contributed by atoms with Gasteiger partial charge in [-0.05, 0) is 62.6 Å². The van der Waals surface area contributed by atoms with E-state index in [-0.39, 0.29) is 11.6 Å². The van der Waals surface area contributed by atoms with Crippen molar-refractivity contribution < 1.29 is 8.76 Å². The zero-order valence-corrected chi connectivity index (χ0v) is 18.7. The molecule has 0 radical (unpaired) electrons. The van der Waals surface area contributed by atoms with E-state index in [1.807, 2.05) is 43.5 Å². The lowest BCUT2D eigenvalue weighted by atomic mass is 10.0. The number of pyridine rings is 1. The van der Waals surface area contributed by atoms with Crippen LogP contribution in [0.15, 0.2) is 47.7 Å². The predicted octanol–water partition coefficient (Wildman–Crippen LogP) is 2.20. The van der Waals surface area contributed by atoms with Gasteiger partial charge in [-0.1, -0.05) is 6.07 Å². The molecule has 3 heterocycles. The van der Waals surface area contributed by atoms with Gasteiger partial charge in [0.05, 0.1) is 11.6 Å². The highest BCUT2D eigenvalue weighted by atomic mass is 32.2. The molecule has 3 aromatic heterocycles. The number of hydrogen-bond acceptors (Lipinski definition) is 6. The molecule has 2 N–H and O–H groups in total. The van der Waals surface area contributed by atoms with Gasteiger partial charge in [0.2, 0.25) is 11.3 Å². The average Bonchev–Trinajstić information content (AvgIpc) is 3.25. The molecule has 0 saturated carbocycles. The predicted molar refractivity (Wildman–Crippen MR) is 122 cm³/mol. The second kappa shape index (κ2) is 9.07. The lowest BCUT2D eigenvalue weighted by Gasteiger charge is -2.11. The Balaban J connectivity index is 1.76. The first-order valence-corrected chi connectivity index (χ1v) is 11.2. The van der Waals surface area contributed by atoms with E-state index < -0.39 is 11.3 Å². The van der Waals surface area contributed by atoms with Gasteiger partial charge >= 0.3 is 0 Å². The molecule has 1 atom stereocenters. The third-order valence-corrected chi connectivity index (χ3v) is 5.62. The molecule has 0 saturated heterocycles. The molecule has 32 heavy (non-hydrogen) atoms. The van der Waals surface area contributed by atoms with Crippen LogP contribution in [0.5, 0.6) is 0 Å². The molecule has 0 fully saturated rings. The SMILES string of the molecule is Cc1cc2cnn(-c3cccc(-c4nncn4C(C)C)n3)c(=O)c2cc1CCNS(=O)O. The molecule has 10 nitrogen and oxygen atoms in total. The van der Waals surface area contributed by atoms with Gasteiger partial charge in [-0.2, -0.15) is 9.78 Å². The van der Waals surface area contributed by atoms with E-state index >= 15 is 0 Å². The number of nitrogens with zero attached hydrogens (tertiary/aromatic N) is 6. The number of fused-ring (bicyclic) bond motifs is 1. The van der Waals surface area contributed by atoms with Crippen LogP contribution >= 0.6 is 0 Å². The van der Waals surface area contributed by atoms with Crippen LogP contribution in [0.1, 0.15) is 31.0 Å². The number of benzene rings is 1. The molecule has 1 unspecified atom stereocenters. The number of rotatable bonds is 7. The minimum atomic E-state index is -2.07. The van der Waals surface area contributed by atoms with Crippen LogP contribution in [-0.2, 0) is 17.7 Å². The Labute approximate surface area is 186 Å². The van der Waals surface area contributed by atoms with Crippen LogP contribution in [-0.4, -0.2) is 44.8 Å². The fraction of sp³-hybridized carbons (Fsp3) is 0.286. The lowest BCUT2D eigenvalue weighted by Crippen LogP contribution is -2.23. The highest BCUT2D eigenvalue weighted by Crippen LogP contribution is 2.20. The molecule has 0 aliphatic heterocycles. The molecule has 1 aromatic carbocycles. The molecule has 166 valence electrons. The Hall–Kier alpha value is -3.28.